The van der Waals surface area contributed by atoms with E-state index in [2.05, 4.69) is 26.7 Å². The normalized spacial score (nSPS) is 17.5. The number of ether oxygens (including phenoxy) is 1. The summed E-state index contributed by atoms with van der Waals surface area (Å²) in [6.45, 7) is 4.48. The van der Waals surface area contributed by atoms with Crippen molar-refractivity contribution in [2.45, 2.75) is 43.9 Å². The Morgan fingerprint density at radius 2 is 1.59 bits per heavy atom. The molecule has 0 aromatic carbocycles. The summed E-state index contributed by atoms with van der Waals surface area (Å²) in [6, 6.07) is 8.03. The molecule has 2 aromatic heterocycles. The monoisotopic (exact) mass is 585 g/mol. The number of thiophene rings is 1. The molecule has 2 aliphatic heterocycles. The van der Waals surface area contributed by atoms with Gasteiger partial charge in [-0.25, -0.2) is 9.59 Å². The van der Waals surface area contributed by atoms with E-state index in [0.29, 0.717) is 13.1 Å². The number of carboxylic acids is 2. The third-order valence-corrected chi connectivity index (χ3v) is 6.38. The molecule has 2 N–H and O–H groups in total. The summed E-state index contributed by atoms with van der Waals surface area (Å²) in [5.41, 5.74) is 2.13. The Bertz CT molecular complexity index is 1050. The molecule has 4 heterocycles. The van der Waals surface area contributed by atoms with Gasteiger partial charge in [0.2, 0.25) is 5.91 Å². The number of carbonyl (C=O) groups is 3. The van der Waals surface area contributed by atoms with Crippen LogP contribution in [0.3, 0.4) is 0 Å². The number of pyridine rings is 1. The van der Waals surface area contributed by atoms with Crippen LogP contribution in [-0.4, -0.2) is 87.0 Å². The molecule has 0 saturated carbocycles. The number of aromatic nitrogens is 1. The van der Waals surface area contributed by atoms with Crippen LogP contribution in [0.4, 0.5) is 26.3 Å². The number of piperidine rings is 1. The number of carboxylic acid groups (broad SMARTS) is 2. The third-order valence-electron chi connectivity index (χ3n) is 5.65. The second kappa shape index (κ2) is 13.7. The maximum Gasteiger partial charge on any atom is 0.490 e. The molecule has 0 unspecified atom stereocenters. The van der Waals surface area contributed by atoms with Crippen molar-refractivity contribution in [3.8, 4) is 0 Å². The highest BCUT2D eigenvalue weighted by atomic mass is 32.1. The third kappa shape index (κ3) is 10.8. The van der Waals surface area contributed by atoms with Gasteiger partial charge in [-0.15, -0.1) is 0 Å². The molecule has 0 aliphatic carbocycles. The summed E-state index contributed by atoms with van der Waals surface area (Å²) in [5, 5.41) is 18.6. The van der Waals surface area contributed by atoms with Gasteiger partial charge in [0.15, 0.2) is 0 Å². The van der Waals surface area contributed by atoms with Crippen LogP contribution in [0.15, 0.2) is 41.2 Å². The lowest BCUT2D eigenvalue weighted by atomic mass is 9.89. The van der Waals surface area contributed by atoms with Gasteiger partial charge in [-0.2, -0.15) is 37.7 Å². The Labute approximate surface area is 222 Å². The van der Waals surface area contributed by atoms with Crippen molar-refractivity contribution in [1.29, 1.82) is 0 Å². The van der Waals surface area contributed by atoms with E-state index >= 15 is 0 Å². The highest BCUT2D eigenvalue weighted by Gasteiger charge is 2.42. The van der Waals surface area contributed by atoms with Crippen molar-refractivity contribution in [2.75, 3.05) is 26.2 Å². The summed E-state index contributed by atoms with van der Waals surface area (Å²) in [5.74, 6) is -5.45. The standard InChI is InChI=1S/C19H23N3O2S.2C2HF3O2/c23-18-13-24-19(15-22(18)12-17-3-1-2-7-20-17)5-8-21(9-6-19)11-16-4-10-25-14-16;2*3-2(4,5)1(6)7/h1-4,7,10,14H,5-6,8-9,11-13,15H2;2*(H,6,7). The van der Waals surface area contributed by atoms with E-state index in [1.807, 2.05) is 23.1 Å². The van der Waals surface area contributed by atoms with Gasteiger partial charge in [0.25, 0.3) is 0 Å². The first-order valence-corrected chi connectivity index (χ1v) is 12.2. The van der Waals surface area contributed by atoms with Crippen molar-refractivity contribution >= 4 is 29.2 Å². The number of rotatable bonds is 4. The lowest BCUT2D eigenvalue weighted by Crippen LogP contribution is -2.58. The lowest BCUT2D eigenvalue weighted by Gasteiger charge is -2.47. The van der Waals surface area contributed by atoms with Crippen LogP contribution in [0.5, 0.6) is 0 Å². The summed E-state index contributed by atoms with van der Waals surface area (Å²) in [6.07, 6.45) is -6.44. The summed E-state index contributed by atoms with van der Waals surface area (Å²) < 4.78 is 69.5. The Kier molecular flexibility index (Phi) is 11.2. The Morgan fingerprint density at radius 3 is 2.05 bits per heavy atom. The Morgan fingerprint density at radius 1 is 1.00 bits per heavy atom. The van der Waals surface area contributed by atoms with E-state index in [4.69, 9.17) is 24.5 Å². The molecule has 1 spiro atoms. The smallest absolute Gasteiger partial charge is 0.475 e. The number of hydrogen-bond donors (Lipinski definition) is 2. The van der Waals surface area contributed by atoms with Gasteiger partial charge >= 0.3 is 24.3 Å². The first-order chi connectivity index (χ1) is 18.1. The lowest BCUT2D eigenvalue weighted by molar-refractivity contribution is -0.193. The number of nitrogens with zero attached hydrogens (tertiary/aromatic N) is 3. The molecule has 2 aromatic rings. The first kappa shape index (κ1) is 32.0. The van der Waals surface area contributed by atoms with Crippen molar-refractivity contribution in [3.63, 3.8) is 0 Å². The predicted molar refractivity (Wildman–Crippen MR) is 125 cm³/mol. The Balaban J connectivity index is 0.000000317. The van der Waals surface area contributed by atoms with Crippen LogP contribution in [0.25, 0.3) is 0 Å². The fraction of sp³-hybridized carbons (Fsp3) is 0.478. The molecule has 0 radical (unpaired) electrons. The van der Waals surface area contributed by atoms with Crippen LogP contribution in [0.1, 0.15) is 24.1 Å². The average molecular weight is 586 g/mol. The van der Waals surface area contributed by atoms with E-state index in [0.717, 1.165) is 38.2 Å². The highest BCUT2D eigenvalue weighted by molar-refractivity contribution is 7.07. The molecule has 2 fully saturated rings. The summed E-state index contributed by atoms with van der Waals surface area (Å²) in [4.78, 5) is 38.8. The topological polar surface area (TPSA) is 120 Å². The zero-order valence-corrected chi connectivity index (χ0v) is 21.1. The zero-order chi connectivity index (χ0) is 29.3. The molecule has 2 saturated heterocycles. The van der Waals surface area contributed by atoms with E-state index < -0.39 is 24.3 Å². The van der Waals surface area contributed by atoms with E-state index in [9.17, 15) is 31.1 Å². The van der Waals surface area contributed by atoms with Crippen LogP contribution >= 0.6 is 11.3 Å². The number of morpholine rings is 1. The Hall–Kier alpha value is -3.24. The van der Waals surface area contributed by atoms with Crippen molar-refractivity contribution in [3.05, 3.63) is 52.5 Å². The number of hydrogen-bond acceptors (Lipinski definition) is 7. The second-order valence-corrected chi connectivity index (χ2v) is 9.34. The van der Waals surface area contributed by atoms with E-state index in [-0.39, 0.29) is 18.1 Å². The van der Waals surface area contributed by atoms with Crippen LogP contribution in [0.2, 0.25) is 0 Å². The number of amides is 1. The maximum absolute atomic E-state index is 12.3. The highest BCUT2D eigenvalue weighted by Crippen LogP contribution is 2.31. The zero-order valence-electron chi connectivity index (χ0n) is 20.2. The minimum Gasteiger partial charge on any atom is -0.475 e. The molecule has 2 aliphatic rings. The number of halogens is 6. The molecule has 16 heteroatoms. The largest absolute Gasteiger partial charge is 0.490 e. The van der Waals surface area contributed by atoms with Gasteiger partial charge in [0.05, 0.1) is 24.4 Å². The first-order valence-electron chi connectivity index (χ1n) is 11.3. The molecular weight excluding hydrogens is 560 g/mol. The number of alkyl halides is 6. The minimum atomic E-state index is -5.08. The SMILES string of the molecule is O=C(O)C(F)(F)F.O=C(O)C(F)(F)F.O=C1COC2(CCN(Cc3ccsc3)CC2)CN1Cc1ccccn1. The molecule has 9 nitrogen and oxygen atoms in total. The summed E-state index contributed by atoms with van der Waals surface area (Å²) in [7, 11) is 0. The van der Waals surface area contributed by atoms with Gasteiger partial charge in [0.1, 0.15) is 6.61 Å². The summed E-state index contributed by atoms with van der Waals surface area (Å²) >= 11 is 1.75. The number of carbonyl (C=O) groups excluding carboxylic acids is 1. The number of aliphatic carboxylic acids is 2. The van der Waals surface area contributed by atoms with Gasteiger partial charge < -0.3 is 19.8 Å². The van der Waals surface area contributed by atoms with Crippen molar-refractivity contribution in [1.82, 2.24) is 14.8 Å². The maximum atomic E-state index is 12.3. The predicted octanol–water partition coefficient (Wildman–Crippen LogP) is 3.80. The van der Waals surface area contributed by atoms with E-state index in [1.165, 1.54) is 5.56 Å². The van der Waals surface area contributed by atoms with E-state index in [1.54, 1.807) is 17.5 Å². The molecule has 0 atom stereocenters. The van der Waals surface area contributed by atoms with Gasteiger partial charge in [-0.1, -0.05) is 6.07 Å². The molecule has 39 heavy (non-hydrogen) atoms. The van der Waals surface area contributed by atoms with Crippen molar-refractivity contribution < 1.29 is 55.7 Å². The fourth-order valence-electron chi connectivity index (χ4n) is 3.68. The molecular formula is C23H25F6N3O6S. The molecule has 216 valence electrons. The molecule has 4 rings (SSSR count). The van der Waals surface area contributed by atoms with Gasteiger partial charge in [0, 0.05) is 25.8 Å². The molecule has 1 amide bonds. The van der Waals surface area contributed by atoms with Gasteiger partial charge in [-0.3, -0.25) is 14.7 Å². The quantitative estimate of drug-likeness (QED) is 0.520. The molecule has 0 bridgehead atoms. The fourth-order valence-corrected chi connectivity index (χ4v) is 4.34. The number of likely N-dealkylation sites (tertiary alicyclic amines) is 1. The minimum absolute atomic E-state index is 0.0666. The van der Waals surface area contributed by atoms with Crippen LogP contribution in [-0.2, 0) is 32.2 Å². The van der Waals surface area contributed by atoms with Crippen LogP contribution < -0.4 is 0 Å². The second-order valence-electron chi connectivity index (χ2n) is 8.56. The average Bonchev–Trinajstić information content (AvgIpc) is 3.37. The van der Waals surface area contributed by atoms with Gasteiger partial charge in [-0.05, 0) is 47.4 Å². The van der Waals surface area contributed by atoms with Crippen molar-refractivity contribution in [2.24, 2.45) is 0 Å². The van der Waals surface area contributed by atoms with Crippen LogP contribution in [0, 0.1) is 0 Å².